The first-order valence-electron chi connectivity index (χ1n) is 8.20. The normalized spacial score (nSPS) is 21.6. The fraction of sp³-hybridized carbons (Fsp3) is 0.800. The van der Waals surface area contributed by atoms with E-state index in [1.54, 1.807) is 13.8 Å². The van der Waals surface area contributed by atoms with Crippen LogP contribution in [0, 0.1) is 0 Å². The highest BCUT2D eigenvalue weighted by Crippen LogP contribution is 2.21. The van der Waals surface area contributed by atoms with E-state index in [0.717, 1.165) is 0 Å². The predicted octanol–water partition coefficient (Wildman–Crippen LogP) is 0.803. The first-order valence-corrected chi connectivity index (χ1v) is 8.20. The summed E-state index contributed by atoms with van der Waals surface area (Å²) in [6.07, 6.45) is -5.33. The average Bonchev–Trinajstić information content (AvgIpc) is 2.67. The molecule has 25 heavy (non-hydrogen) atoms. The number of nitrogens with one attached hydrogen (secondary N) is 1. The highest BCUT2D eigenvalue weighted by Gasteiger charge is 2.43. The maximum atomic E-state index is 12.2. The van der Waals surface area contributed by atoms with Crippen molar-refractivity contribution in [3.8, 4) is 0 Å². The summed E-state index contributed by atoms with van der Waals surface area (Å²) >= 11 is 0. The third kappa shape index (κ3) is 5.07. The van der Waals surface area contributed by atoms with Gasteiger partial charge in [-0.1, -0.05) is 0 Å². The molecule has 0 atom stereocenters. The molecular formula is C15H23F3N4O3. The number of hydrogen-bond donors (Lipinski definition) is 1. The lowest BCUT2D eigenvalue weighted by Crippen LogP contribution is -2.50. The molecule has 0 unspecified atom stereocenters. The van der Waals surface area contributed by atoms with Gasteiger partial charge in [-0.15, -0.1) is 0 Å². The number of alkyl halides is 3. The molecule has 0 bridgehead atoms. The van der Waals surface area contributed by atoms with Crippen molar-refractivity contribution < 1.29 is 27.6 Å². The molecule has 2 rings (SSSR count). The standard InChI is InChI=1S/C15H23F3N4O3/c1-14(2)12(24)22(13(25)19-14)5-3-4-20-6-8-21(9-7-20)11(23)10-15(16,17)18/h3-10H2,1-2H3,(H,19,25). The van der Waals surface area contributed by atoms with E-state index in [9.17, 15) is 27.6 Å². The first-order chi connectivity index (χ1) is 11.5. The SMILES string of the molecule is CC1(C)NC(=O)N(CCCN2CCN(C(=O)CC(F)(F)F)CC2)C1=O. The van der Waals surface area contributed by atoms with Crippen LogP contribution in [0.4, 0.5) is 18.0 Å². The minimum atomic E-state index is -4.48. The molecule has 0 aromatic rings. The van der Waals surface area contributed by atoms with Crippen LogP contribution in [0.2, 0.25) is 0 Å². The molecule has 142 valence electrons. The van der Waals surface area contributed by atoms with Gasteiger partial charge in [0.15, 0.2) is 0 Å². The number of nitrogens with zero attached hydrogens (tertiary/aromatic N) is 3. The molecule has 0 spiro atoms. The number of carbonyl (C=O) groups is 3. The van der Waals surface area contributed by atoms with Gasteiger partial charge in [-0.3, -0.25) is 19.4 Å². The van der Waals surface area contributed by atoms with Crippen molar-refractivity contribution in [3.63, 3.8) is 0 Å². The molecular weight excluding hydrogens is 341 g/mol. The first kappa shape index (κ1) is 19.5. The zero-order valence-electron chi connectivity index (χ0n) is 14.4. The van der Waals surface area contributed by atoms with Crippen LogP contribution in [0.5, 0.6) is 0 Å². The minimum Gasteiger partial charge on any atom is -0.340 e. The van der Waals surface area contributed by atoms with Crippen LogP contribution in [0.25, 0.3) is 0 Å². The molecule has 2 aliphatic rings. The summed E-state index contributed by atoms with van der Waals surface area (Å²) in [7, 11) is 0. The van der Waals surface area contributed by atoms with Crippen LogP contribution < -0.4 is 5.32 Å². The summed E-state index contributed by atoms with van der Waals surface area (Å²) in [5.74, 6) is -1.16. The van der Waals surface area contributed by atoms with E-state index in [1.165, 1.54) is 9.80 Å². The maximum Gasteiger partial charge on any atom is 0.397 e. The summed E-state index contributed by atoms with van der Waals surface area (Å²) in [6, 6.07) is -0.405. The van der Waals surface area contributed by atoms with Crippen LogP contribution in [0.15, 0.2) is 0 Å². The Balaban J connectivity index is 1.70. The van der Waals surface area contributed by atoms with Crippen molar-refractivity contribution in [1.82, 2.24) is 20.0 Å². The molecule has 2 heterocycles. The van der Waals surface area contributed by atoms with Crippen molar-refractivity contribution in [3.05, 3.63) is 0 Å². The molecule has 0 radical (unpaired) electrons. The van der Waals surface area contributed by atoms with Crippen molar-refractivity contribution >= 4 is 17.8 Å². The van der Waals surface area contributed by atoms with E-state index in [4.69, 9.17) is 0 Å². The summed E-state index contributed by atoms with van der Waals surface area (Å²) < 4.78 is 36.7. The molecule has 10 heteroatoms. The fourth-order valence-corrected chi connectivity index (χ4v) is 2.98. The molecule has 2 fully saturated rings. The summed E-state index contributed by atoms with van der Waals surface area (Å²) in [5, 5.41) is 2.61. The van der Waals surface area contributed by atoms with E-state index in [2.05, 4.69) is 5.32 Å². The molecule has 4 amide bonds. The second-order valence-corrected chi connectivity index (χ2v) is 6.88. The van der Waals surface area contributed by atoms with Gasteiger partial charge in [0.25, 0.3) is 5.91 Å². The largest absolute Gasteiger partial charge is 0.397 e. The molecule has 7 nitrogen and oxygen atoms in total. The molecule has 2 saturated heterocycles. The summed E-state index contributed by atoms with van der Waals surface area (Å²) in [4.78, 5) is 39.8. The summed E-state index contributed by atoms with van der Waals surface area (Å²) in [5.41, 5.74) is -0.887. The summed E-state index contributed by atoms with van der Waals surface area (Å²) in [6.45, 7) is 5.66. The Hall–Kier alpha value is -1.84. The number of hydrogen-bond acceptors (Lipinski definition) is 4. The molecule has 1 N–H and O–H groups in total. The Morgan fingerprint density at radius 3 is 2.20 bits per heavy atom. The van der Waals surface area contributed by atoms with Crippen molar-refractivity contribution in [2.24, 2.45) is 0 Å². The highest BCUT2D eigenvalue weighted by molar-refractivity contribution is 6.06. The molecule has 0 aromatic heterocycles. The number of amides is 4. The van der Waals surface area contributed by atoms with Crippen molar-refractivity contribution in [2.45, 2.75) is 38.4 Å². The quantitative estimate of drug-likeness (QED) is 0.733. The molecule has 0 saturated carbocycles. The second kappa shape index (κ2) is 7.19. The van der Waals surface area contributed by atoms with E-state index in [1.807, 2.05) is 4.90 Å². The Kier molecular flexibility index (Phi) is 5.60. The van der Waals surface area contributed by atoms with E-state index < -0.39 is 30.1 Å². The van der Waals surface area contributed by atoms with Gasteiger partial charge in [-0.25, -0.2) is 4.79 Å². The number of urea groups is 1. The number of halogens is 3. The van der Waals surface area contributed by atoms with Crippen LogP contribution >= 0.6 is 0 Å². The zero-order chi connectivity index (χ0) is 18.8. The topological polar surface area (TPSA) is 73.0 Å². The van der Waals surface area contributed by atoms with Gasteiger partial charge >= 0.3 is 12.2 Å². The van der Waals surface area contributed by atoms with E-state index >= 15 is 0 Å². The molecule has 2 aliphatic heterocycles. The Bertz CT molecular complexity index is 543. The smallest absolute Gasteiger partial charge is 0.340 e. The monoisotopic (exact) mass is 364 g/mol. The lowest BCUT2D eigenvalue weighted by Gasteiger charge is -2.35. The van der Waals surface area contributed by atoms with E-state index in [-0.39, 0.29) is 19.0 Å². The number of imide groups is 1. The fourth-order valence-electron chi connectivity index (χ4n) is 2.98. The van der Waals surface area contributed by atoms with Crippen LogP contribution in [-0.2, 0) is 9.59 Å². The third-order valence-corrected chi connectivity index (χ3v) is 4.38. The Morgan fingerprint density at radius 1 is 1.12 bits per heavy atom. The van der Waals surface area contributed by atoms with Crippen molar-refractivity contribution in [2.75, 3.05) is 39.3 Å². The van der Waals surface area contributed by atoms with Gasteiger partial charge in [0.05, 0.1) is 0 Å². The van der Waals surface area contributed by atoms with Gasteiger partial charge in [0.1, 0.15) is 12.0 Å². The lowest BCUT2D eigenvalue weighted by atomic mass is 10.1. The minimum absolute atomic E-state index is 0.255. The molecule has 0 aromatic carbocycles. The number of rotatable bonds is 5. The average molecular weight is 364 g/mol. The zero-order valence-corrected chi connectivity index (χ0v) is 14.4. The van der Waals surface area contributed by atoms with Gasteiger partial charge in [0, 0.05) is 32.7 Å². The van der Waals surface area contributed by atoms with Gasteiger partial charge < -0.3 is 10.2 Å². The molecule has 0 aliphatic carbocycles. The van der Waals surface area contributed by atoms with E-state index in [0.29, 0.717) is 32.6 Å². The van der Waals surface area contributed by atoms with Crippen molar-refractivity contribution in [1.29, 1.82) is 0 Å². The second-order valence-electron chi connectivity index (χ2n) is 6.88. The van der Waals surface area contributed by atoms with Gasteiger partial charge in [-0.2, -0.15) is 13.2 Å². The maximum absolute atomic E-state index is 12.2. The Labute approximate surface area is 144 Å². The number of carbonyl (C=O) groups excluding carboxylic acids is 3. The predicted molar refractivity (Wildman–Crippen MR) is 82.6 cm³/mol. The highest BCUT2D eigenvalue weighted by atomic mass is 19.4. The lowest BCUT2D eigenvalue weighted by molar-refractivity contribution is -0.162. The van der Waals surface area contributed by atoms with Gasteiger partial charge in [0.2, 0.25) is 5.91 Å². The van der Waals surface area contributed by atoms with Crippen LogP contribution in [-0.4, -0.2) is 83.5 Å². The Morgan fingerprint density at radius 2 is 1.72 bits per heavy atom. The van der Waals surface area contributed by atoms with Crippen LogP contribution in [0.3, 0.4) is 0 Å². The van der Waals surface area contributed by atoms with Crippen LogP contribution in [0.1, 0.15) is 26.7 Å². The third-order valence-electron chi connectivity index (χ3n) is 4.38. The van der Waals surface area contributed by atoms with Gasteiger partial charge in [-0.05, 0) is 26.8 Å². The number of piperazine rings is 1.